The van der Waals surface area contributed by atoms with Crippen LogP contribution in [0.25, 0.3) is 0 Å². The van der Waals surface area contributed by atoms with Gasteiger partial charge in [-0.2, -0.15) is 5.21 Å². The van der Waals surface area contributed by atoms with E-state index in [1.807, 2.05) is 17.0 Å². The van der Waals surface area contributed by atoms with Crippen molar-refractivity contribution in [2.45, 2.75) is 13.3 Å². The first-order chi connectivity index (χ1) is 10.2. The van der Waals surface area contributed by atoms with E-state index in [-0.39, 0.29) is 12.5 Å². The van der Waals surface area contributed by atoms with Gasteiger partial charge in [0.05, 0.1) is 6.61 Å². The second kappa shape index (κ2) is 7.58. The molecule has 7 nitrogen and oxygen atoms in total. The third kappa shape index (κ3) is 4.71. The second-order valence-electron chi connectivity index (χ2n) is 4.28. The Kier molecular flexibility index (Phi) is 5.51. The lowest BCUT2D eigenvalue weighted by molar-refractivity contribution is -0.141. The predicted octanol–water partition coefficient (Wildman–Crippen LogP) is 1.47. The van der Waals surface area contributed by atoms with Crippen molar-refractivity contribution in [1.29, 1.82) is 0 Å². The van der Waals surface area contributed by atoms with Gasteiger partial charge in [-0.3, -0.25) is 4.79 Å². The zero-order valence-corrected chi connectivity index (χ0v) is 12.4. The first-order valence-corrected chi connectivity index (χ1v) is 6.95. The van der Waals surface area contributed by atoms with Crippen LogP contribution in [0, 0.1) is 0 Å². The Bertz CT molecular complexity index is 558. The van der Waals surface area contributed by atoms with Crippen LogP contribution in [0.15, 0.2) is 24.3 Å². The van der Waals surface area contributed by atoms with Gasteiger partial charge in [-0.15, -0.1) is 10.2 Å². The average Bonchev–Trinajstić information content (AvgIpc) is 2.98. The molecule has 21 heavy (non-hydrogen) atoms. The summed E-state index contributed by atoms with van der Waals surface area (Å²) in [6, 6.07) is 7.28. The monoisotopic (exact) mass is 309 g/mol. The Hall–Kier alpha value is -2.15. The SMILES string of the molecule is CCOC(=O)CN(CCc1nn[nH]n1)c1ccc(Cl)cc1. The molecular formula is C13H16ClN5O2. The summed E-state index contributed by atoms with van der Waals surface area (Å²) in [5, 5.41) is 14.4. The Labute approximate surface area is 127 Å². The molecule has 112 valence electrons. The first kappa shape index (κ1) is 15.2. The number of benzene rings is 1. The molecule has 2 aromatic rings. The van der Waals surface area contributed by atoms with Crippen molar-refractivity contribution in [2.24, 2.45) is 0 Å². The number of hydrogen-bond donors (Lipinski definition) is 1. The summed E-state index contributed by atoms with van der Waals surface area (Å²) in [5.41, 5.74) is 0.885. The second-order valence-corrected chi connectivity index (χ2v) is 4.72. The molecule has 0 atom stereocenters. The number of H-pyrrole nitrogens is 1. The van der Waals surface area contributed by atoms with Crippen LogP contribution in [0.5, 0.6) is 0 Å². The smallest absolute Gasteiger partial charge is 0.325 e. The molecule has 2 rings (SSSR count). The minimum absolute atomic E-state index is 0.160. The highest BCUT2D eigenvalue weighted by Gasteiger charge is 2.13. The molecule has 0 fully saturated rings. The maximum absolute atomic E-state index is 11.7. The number of tetrazole rings is 1. The largest absolute Gasteiger partial charge is 0.465 e. The fraction of sp³-hybridized carbons (Fsp3) is 0.385. The van der Waals surface area contributed by atoms with Crippen LogP contribution in [0.3, 0.4) is 0 Å². The van der Waals surface area contributed by atoms with E-state index in [2.05, 4.69) is 20.6 Å². The number of nitrogens with one attached hydrogen (secondary N) is 1. The van der Waals surface area contributed by atoms with Crippen LogP contribution in [-0.4, -0.2) is 46.3 Å². The summed E-state index contributed by atoms with van der Waals surface area (Å²) >= 11 is 5.89. The Balaban J connectivity index is 2.05. The van der Waals surface area contributed by atoms with Gasteiger partial charge in [-0.25, -0.2) is 0 Å². The van der Waals surface area contributed by atoms with Crippen molar-refractivity contribution in [3.05, 3.63) is 35.1 Å². The van der Waals surface area contributed by atoms with Gasteiger partial charge in [0, 0.05) is 23.7 Å². The summed E-state index contributed by atoms with van der Waals surface area (Å²) in [4.78, 5) is 13.6. The molecule has 0 radical (unpaired) electrons. The molecule has 1 heterocycles. The maximum Gasteiger partial charge on any atom is 0.325 e. The fourth-order valence-corrected chi connectivity index (χ4v) is 1.96. The van der Waals surface area contributed by atoms with Crippen molar-refractivity contribution >= 4 is 23.3 Å². The van der Waals surface area contributed by atoms with E-state index < -0.39 is 0 Å². The highest BCUT2D eigenvalue weighted by Crippen LogP contribution is 2.18. The summed E-state index contributed by atoms with van der Waals surface area (Å²) in [5.74, 6) is 0.318. The van der Waals surface area contributed by atoms with Crippen LogP contribution < -0.4 is 4.90 Å². The number of carbonyl (C=O) groups is 1. The van der Waals surface area contributed by atoms with Crippen molar-refractivity contribution in [1.82, 2.24) is 20.6 Å². The molecule has 0 saturated carbocycles. The zero-order valence-electron chi connectivity index (χ0n) is 11.6. The Morgan fingerprint density at radius 2 is 2.14 bits per heavy atom. The molecule has 0 aliphatic heterocycles. The molecule has 0 amide bonds. The molecule has 1 aromatic carbocycles. The molecule has 0 saturated heterocycles. The van der Waals surface area contributed by atoms with Crippen molar-refractivity contribution < 1.29 is 9.53 Å². The normalized spacial score (nSPS) is 10.4. The number of anilines is 1. The van der Waals surface area contributed by atoms with Crippen LogP contribution >= 0.6 is 11.6 Å². The van der Waals surface area contributed by atoms with Gasteiger partial charge in [0.25, 0.3) is 0 Å². The lowest BCUT2D eigenvalue weighted by atomic mass is 10.2. The van der Waals surface area contributed by atoms with Crippen molar-refractivity contribution in [2.75, 3.05) is 24.6 Å². The summed E-state index contributed by atoms with van der Waals surface area (Å²) in [6.07, 6.45) is 0.568. The molecule has 0 spiro atoms. The first-order valence-electron chi connectivity index (χ1n) is 6.57. The van der Waals surface area contributed by atoms with Gasteiger partial charge in [0.1, 0.15) is 6.54 Å². The molecule has 0 aliphatic carbocycles. The van der Waals surface area contributed by atoms with E-state index in [1.54, 1.807) is 19.1 Å². The number of carbonyl (C=O) groups excluding carboxylic acids is 1. The van der Waals surface area contributed by atoms with Crippen LogP contribution in [-0.2, 0) is 16.0 Å². The Morgan fingerprint density at radius 1 is 1.38 bits per heavy atom. The van der Waals surface area contributed by atoms with Gasteiger partial charge in [-0.1, -0.05) is 16.8 Å². The molecule has 8 heteroatoms. The number of halogens is 1. The standard InChI is InChI=1S/C13H16ClN5O2/c1-2-21-13(20)9-19(8-7-12-15-17-18-16-12)11-5-3-10(14)4-6-11/h3-6H,2,7-9H2,1H3,(H,15,16,17,18). The topological polar surface area (TPSA) is 84.0 Å². The van der Waals surface area contributed by atoms with Gasteiger partial charge in [0.2, 0.25) is 0 Å². The van der Waals surface area contributed by atoms with Crippen LogP contribution in [0.4, 0.5) is 5.69 Å². The lowest BCUT2D eigenvalue weighted by Crippen LogP contribution is -2.33. The highest BCUT2D eigenvalue weighted by atomic mass is 35.5. The highest BCUT2D eigenvalue weighted by molar-refractivity contribution is 6.30. The number of aromatic nitrogens is 4. The van der Waals surface area contributed by atoms with Gasteiger partial charge >= 0.3 is 5.97 Å². The van der Waals surface area contributed by atoms with Crippen LogP contribution in [0.2, 0.25) is 5.02 Å². The average molecular weight is 310 g/mol. The third-order valence-electron chi connectivity index (χ3n) is 2.81. The van der Waals surface area contributed by atoms with E-state index in [1.165, 1.54) is 0 Å². The molecule has 0 bridgehead atoms. The minimum atomic E-state index is -0.277. The fourth-order valence-electron chi connectivity index (χ4n) is 1.84. The third-order valence-corrected chi connectivity index (χ3v) is 3.06. The number of ether oxygens (including phenoxy) is 1. The summed E-state index contributed by atoms with van der Waals surface area (Å²) in [6.45, 7) is 2.87. The van der Waals surface area contributed by atoms with E-state index in [0.29, 0.717) is 30.4 Å². The molecule has 0 aliphatic rings. The minimum Gasteiger partial charge on any atom is -0.465 e. The van der Waals surface area contributed by atoms with E-state index in [4.69, 9.17) is 16.3 Å². The van der Waals surface area contributed by atoms with Crippen molar-refractivity contribution in [3.8, 4) is 0 Å². The van der Waals surface area contributed by atoms with E-state index in [0.717, 1.165) is 5.69 Å². The zero-order chi connectivity index (χ0) is 15.1. The van der Waals surface area contributed by atoms with Crippen LogP contribution in [0.1, 0.15) is 12.7 Å². The predicted molar refractivity (Wildman–Crippen MR) is 78.2 cm³/mol. The molecule has 1 aromatic heterocycles. The van der Waals surface area contributed by atoms with Gasteiger partial charge < -0.3 is 9.64 Å². The number of nitrogens with zero attached hydrogens (tertiary/aromatic N) is 4. The summed E-state index contributed by atoms with van der Waals surface area (Å²) in [7, 11) is 0. The quantitative estimate of drug-likeness (QED) is 0.780. The molecule has 1 N–H and O–H groups in total. The molecular weight excluding hydrogens is 294 g/mol. The van der Waals surface area contributed by atoms with E-state index >= 15 is 0 Å². The maximum atomic E-state index is 11.7. The van der Waals surface area contributed by atoms with Gasteiger partial charge in [0.15, 0.2) is 5.82 Å². The summed E-state index contributed by atoms with van der Waals surface area (Å²) < 4.78 is 5.00. The number of esters is 1. The lowest BCUT2D eigenvalue weighted by Gasteiger charge is -2.23. The van der Waals surface area contributed by atoms with Gasteiger partial charge in [-0.05, 0) is 31.2 Å². The number of aromatic amines is 1. The van der Waals surface area contributed by atoms with E-state index in [9.17, 15) is 4.79 Å². The van der Waals surface area contributed by atoms with Crippen molar-refractivity contribution in [3.63, 3.8) is 0 Å². The Morgan fingerprint density at radius 3 is 2.76 bits per heavy atom. The molecule has 0 unspecified atom stereocenters. The number of rotatable bonds is 7. The number of hydrogen-bond acceptors (Lipinski definition) is 6.